The van der Waals surface area contributed by atoms with E-state index in [1.165, 1.54) is 4.90 Å². The molecule has 17 heavy (non-hydrogen) atoms. The molecule has 0 radical (unpaired) electrons. The van der Waals surface area contributed by atoms with E-state index < -0.39 is 12.0 Å². The third kappa shape index (κ3) is 2.08. The smallest absolute Gasteiger partial charge is 0.326 e. The molecule has 0 aromatic rings. The quantitative estimate of drug-likeness (QED) is 0.754. The van der Waals surface area contributed by atoms with E-state index in [-0.39, 0.29) is 11.8 Å². The molecule has 4 heteroatoms. The second kappa shape index (κ2) is 4.51. The molecule has 2 rings (SSSR count). The summed E-state index contributed by atoms with van der Waals surface area (Å²) < 4.78 is 0. The van der Waals surface area contributed by atoms with Gasteiger partial charge in [0.1, 0.15) is 6.04 Å². The highest BCUT2D eigenvalue weighted by atomic mass is 16.4. The molecule has 1 saturated carbocycles. The fourth-order valence-electron chi connectivity index (χ4n) is 3.09. The summed E-state index contributed by atoms with van der Waals surface area (Å²) in [5.74, 6) is -0.0462. The van der Waals surface area contributed by atoms with Crippen molar-refractivity contribution < 1.29 is 14.7 Å². The molecular formula is C13H19NO3. The number of carbonyl (C=O) groups excluding carboxylic acids is 1. The van der Waals surface area contributed by atoms with E-state index in [2.05, 4.69) is 12.2 Å². The standard InChI is InChI=1S/C13H19NO3/c1-3-11(13(16)17)14(2)12(15)10-7-8-4-5-9(10)6-8/h4-5,8-11H,3,6-7H2,1-2H3,(H,16,17). The van der Waals surface area contributed by atoms with Crippen LogP contribution in [-0.4, -0.2) is 35.0 Å². The highest BCUT2D eigenvalue weighted by Gasteiger charge is 2.42. The maximum atomic E-state index is 12.3. The summed E-state index contributed by atoms with van der Waals surface area (Å²) in [5, 5.41) is 9.06. The number of hydrogen-bond donors (Lipinski definition) is 1. The fraction of sp³-hybridized carbons (Fsp3) is 0.692. The van der Waals surface area contributed by atoms with E-state index in [0.29, 0.717) is 18.3 Å². The molecule has 1 amide bonds. The summed E-state index contributed by atoms with van der Waals surface area (Å²) in [5.41, 5.74) is 0. The van der Waals surface area contributed by atoms with Crippen LogP contribution in [0.1, 0.15) is 26.2 Å². The molecule has 94 valence electrons. The number of carboxylic acid groups (broad SMARTS) is 1. The number of allylic oxidation sites excluding steroid dienone is 2. The van der Waals surface area contributed by atoms with Gasteiger partial charge in [-0.05, 0) is 31.1 Å². The summed E-state index contributed by atoms with van der Waals surface area (Å²) in [6.45, 7) is 1.79. The maximum Gasteiger partial charge on any atom is 0.326 e. The van der Waals surface area contributed by atoms with E-state index in [0.717, 1.165) is 12.8 Å². The highest BCUT2D eigenvalue weighted by molar-refractivity contribution is 5.85. The molecule has 0 aliphatic heterocycles. The Morgan fingerprint density at radius 2 is 2.12 bits per heavy atom. The number of carbonyl (C=O) groups is 2. The number of nitrogens with zero attached hydrogens (tertiary/aromatic N) is 1. The Balaban J connectivity index is 2.05. The molecule has 2 aliphatic rings. The second-order valence-corrected chi connectivity index (χ2v) is 5.10. The molecular weight excluding hydrogens is 218 g/mol. The van der Waals surface area contributed by atoms with E-state index in [1.54, 1.807) is 14.0 Å². The summed E-state index contributed by atoms with van der Waals surface area (Å²) >= 11 is 0. The van der Waals surface area contributed by atoms with Gasteiger partial charge in [-0.15, -0.1) is 0 Å². The van der Waals surface area contributed by atoms with Crippen LogP contribution in [0.25, 0.3) is 0 Å². The van der Waals surface area contributed by atoms with Crippen molar-refractivity contribution in [2.75, 3.05) is 7.05 Å². The van der Waals surface area contributed by atoms with E-state index >= 15 is 0 Å². The molecule has 0 saturated heterocycles. The van der Waals surface area contributed by atoms with Crippen molar-refractivity contribution in [3.8, 4) is 0 Å². The van der Waals surface area contributed by atoms with E-state index in [4.69, 9.17) is 5.11 Å². The highest BCUT2D eigenvalue weighted by Crippen LogP contribution is 2.44. The Hall–Kier alpha value is -1.32. The Kier molecular flexibility index (Phi) is 3.22. The first-order valence-electron chi connectivity index (χ1n) is 6.22. The van der Waals surface area contributed by atoms with Crippen molar-refractivity contribution in [2.45, 2.75) is 32.2 Å². The number of carboxylic acids is 1. The van der Waals surface area contributed by atoms with Crippen molar-refractivity contribution >= 4 is 11.9 Å². The number of fused-ring (bicyclic) bond motifs is 2. The van der Waals surface area contributed by atoms with Crippen molar-refractivity contribution in [1.29, 1.82) is 0 Å². The molecule has 1 N–H and O–H groups in total. The summed E-state index contributed by atoms with van der Waals surface area (Å²) in [7, 11) is 1.61. The zero-order chi connectivity index (χ0) is 12.6. The molecule has 2 bridgehead atoms. The second-order valence-electron chi connectivity index (χ2n) is 5.10. The number of amides is 1. The van der Waals surface area contributed by atoms with Gasteiger partial charge in [0, 0.05) is 13.0 Å². The normalized spacial score (nSPS) is 31.5. The Morgan fingerprint density at radius 3 is 2.53 bits per heavy atom. The van der Waals surface area contributed by atoms with Gasteiger partial charge in [-0.2, -0.15) is 0 Å². The first-order chi connectivity index (χ1) is 8.04. The van der Waals surface area contributed by atoms with Gasteiger partial charge < -0.3 is 10.0 Å². The lowest BCUT2D eigenvalue weighted by Gasteiger charge is -2.28. The van der Waals surface area contributed by atoms with Gasteiger partial charge in [0.25, 0.3) is 0 Å². The summed E-state index contributed by atoms with van der Waals surface area (Å²) in [6, 6.07) is -0.689. The molecule has 4 atom stereocenters. The third-order valence-electron chi connectivity index (χ3n) is 4.08. The molecule has 0 aromatic heterocycles. The van der Waals surface area contributed by atoms with Gasteiger partial charge in [0.05, 0.1) is 0 Å². The van der Waals surface area contributed by atoms with Crippen LogP contribution in [0.5, 0.6) is 0 Å². The van der Waals surface area contributed by atoms with Gasteiger partial charge in [-0.3, -0.25) is 4.79 Å². The zero-order valence-corrected chi connectivity index (χ0v) is 10.3. The van der Waals surface area contributed by atoms with Crippen LogP contribution in [0.2, 0.25) is 0 Å². The van der Waals surface area contributed by atoms with Gasteiger partial charge in [-0.25, -0.2) is 4.79 Å². The SMILES string of the molecule is CCC(C(=O)O)N(C)C(=O)C1CC2C=CC1C2. The largest absolute Gasteiger partial charge is 0.480 e. The zero-order valence-electron chi connectivity index (χ0n) is 10.3. The third-order valence-corrected chi connectivity index (χ3v) is 4.08. The maximum absolute atomic E-state index is 12.3. The number of hydrogen-bond acceptors (Lipinski definition) is 2. The van der Waals surface area contributed by atoms with Crippen LogP contribution in [-0.2, 0) is 9.59 Å². The van der Waals surface area contributed by atoms with Gasteiger partial charge in [0.2, 0.25) is 5.91 Å². The Bertz CT molecular complexity index is 364. The van der Waals surface area contributed by atoms with E-state index in [1.807, 2.05) is 0 Å². The average molecular weight is 237 g/mol. The summed E-state index contributed by atoms with van der Waals surface area (Å²) in [6.07, 6.45) is 6.71. The average Bonchev–Trinajstić information content (AvgIpc) is 2.89. The minimum Gasteiger partial charge on any atom is -0.480 e. The van der Waals surface area contributed by atoms with Crippen molar-refractivity contribution in [1.82, 2.24) is 4.90 Å². The van der Waals surface area contributed by atoms with Crippen LogP contribution in [0.15, 0.2) is 12.2 Å². The first kappa shape index (κ1) is 12.1. The van der Waals surface area contributed by atoms with Gasteiger partial charge in [0.15, 0.2) is 0 Å². The lowest BCUT2D eigenvalue weighted by Crippen LogP contribution is -2.45. The molecule has 1 fully saturated rings. The lowest BCUT2D eigenvalue weighted by molar-refractivity contribution is -0.151. The van der Waals surface area contributed by atoms with E-state index in [9.17, 15) is 9.59 Å². The lowest BCUT2D eigenvalue weighted by atomic mass is 9.92. The minimum absolute atomic E-state index is 0.00315. The van der Waals surface area contributed by atoms with Crippen LogP contribution >= 0.6 is 0 Å². The summed E-state index contributed by atoms with van der Waals surface area (Å²) in [4.78, 5) is 24.7. The number of likely N-dealkylation sites (N-methyl/N-ethyl adjacent to an activating group) is 1. The van der Waals surface area contributed by atoms with Crippen LogP contribution in [0.4, 0.5) is 0 Å². The van der Waals surface area contributed by atoms with Crippen LogP contribution < -0.4 is 0 Å². The Morgan fingerprint density at radius 1 is 1.41 bits per heavy atom. The van der Waals surface area contributed by atoms with Crippen molar-refractivity contribution in [3.05, 3.63) is 12.2 Å². The number of rotatable bonds is 4. The van der Waals surface area contributed by atoms with Crippen LogP contribution in [0, 0.1) is 17.8 Å². The molecule has 2 aliphatic carbocycles. The van der Waals surface area contributed by atoms with Gasteiger partial charge in [-0.1, -0.05) is 19.1 Å². The topological polar surface area (TPSA) is 57.6 Å². The number of aliphatic carboxylic acids is 1. The predicted molar refractivity (Wildman–Crippen MR) is 63.3 cm³/mol. The molecule has 0 aromatic carbocycles. The first-order valence-corrected chi connectivity index (χ1v) is 6.22. The fourth-order valence-corrected chi connectivity index (χ4v) is 3.09. The van der Waals surface area contributed by atoms with Crippen LogP contribution in [0.3, 0.4) is 0 Å². The van der Waals surface area contributed by atoms with Crippen molar-refractivity contribution in [2.24, 2.45) is 17.8 Å². The molecule has 4 unspecified atom stereocenters. The molecule has 4 nitrogen and oxygen atoms in total. The molecule has 0 spiro atoms. The van der Waals surface area contributed by atoms with Gasteiger partial charge >= 0.3 is 5.97 Å². The Labute approximate surface area is 101 Å². The molecule has 0 heterocycles. The minimum atomic E-state index is -0.915. The monoisotopic (exact) mass is 237 g/mol. The predicted octanol–water partition coefficient (Wildman–Crippen LogP) is 1.52. The van der Waals surface area contributed by atoms with Crippen molar-refractivity contribution in [3.63, 3.8) is 0 Å².